The highest BCUT2D eigenvalue weighted by molar-refractivity contribution is 8.01. The number of rotatable bonds is 7. The summed E-state index contributed by atoms with van der Waals surface area (Å²) < 4.78 is 6.33. The zero-order valence-corrected chi connectivity index (χ0v) is 16.5. The maximum atomic E-state index is 12.5. The van der Waals surface area contributed by atoms with Crippen LogP contribution >= 0.6 is 23.1 Å². The van der Waals surface area contributed by atoms with Gasteiger partial charge in [-0.3, -0.25) is 9.59 Å². The lowest BCUT2D eigenvalue weighted by atomic mass is 9.99. The molecular weight excluding hydrogens is 384 g/mol. The first-order valence-corrected chi connectivity index (χ1v) is 10.7. The van der Waals surface area contributed by atoms with Gasteiger partial charge in [-0.25, -0.2) is 0 Å². The van der Waals surface area contributed by atoms with Crippen LogP contribution in [0.25, 0.3) is 0 Å². The summed E-state index contributed by atoms with van der Waals surface area (Å²) in [6.45, 7) is 3.41. The molecule has 0 unspecified atom stereocenters. The van der Waals surface area contributed by atoms with Gasteiger partial charge in [0.1, 0.15) is 0 Å². The average molecular weight is 405 g/mol. The number of thioether (sulfide) groups is 1. The molecule has 2 aliphatic heterocycles. The van der Waals surface area contributed by atoms with Crippen LogP contribution in [0.3, 0.4) is 0 Å². The Labute approximate surface area is 165 Å². The summed E-state index contributed by atoms with van der Waals surface area (Å²) in [5.74, 6) is 0.0508. The van der Waals surface area contributed by atoms with Gasteiger partial charge in [0.15, 0.2) is 10.1 Å². The van der Waals surface area contributed by atoms with Crippen molar-refractivity contribution in [1.29, 1.82) is 0 Å². The third-order valence-corrected chi connectivity index (χ3v) is 6.74. The number of hydrogen-bond donors (Lipinski definition) is 2. The van der Waals surface area contributed by atoms with Crippen LogP contribution in [0.1, 0.15) is 41.6 Å². The second-order valence-corrected chi connectivity index (χ2v) is 8.81. The SMILES string of the molecule is C[C@H]1C(=O)Nc2ccc(C(=O)CSc3nnc(NC[C@@H]4CCCO4)s3)cc21. The van der Waals surface area contributed by atoms with Crippen LogP contribution in [0.15, 0.2) is 22.5 Å². The van der Waals surface area contributed by atoms with E-state index in [1.807, 2.05) is 13.0 Å². The molecule has 2 atom stereocenters. The van der Waals surface area contributed by atoms with E-state index in [0.29, 0.717) is 5.56 Å². The van der Waals surface area contributed by atoms with Gasteiger partial charge in [-0.05, 0) is 43.5 Å². The Hall–Kier alpha value is -1.97. The predicted molar refractivity (Wildman–Crippen MR) is 106 cm³/mol. The van der Waals surface area contributed by atoms with Crippen molar-refractivity contribution in [3.05, 3.63) is 29.3 Å². The summed E-state index contributed by atoms with van der Waals surface area (Å²) in [4.78, 5) is 24.2. The third-order valence-electron chi connectivity index (χ3n) is 4.73. The van der Waals surface area contributed by atoms with Crippen LogP contribution in [-0.4, -0.2) is 46.9 Å². The van der Waals surface area contributed by atoms with Crippen molar-refractivity contribution in [3.63, 3.8) is 0 Å². The van der Waals surface area contributed by atoms with Gasteiger partial charge in [0.2, 0.25) is 11.0 Å². The molecule has 1 aromatic carbocycles. The summed E-state index contributed by atoms with van der Waals surface area (Å²) in [6.07, 6.45) is 2.43. The molecule has 3 heterocycles. The maximum Gasteiger partial charge on any atom is 0.231 e. The van der Waals surface area contributed by atoms with Crippen molar-refractivity contribution in [2.75, 3.05) is 29.5 Å². The van der Waals surface area contributed by atoms with Crippen molar-refractivity contribution in [2.45, 2.75) is 36.1 Å². The Morgan fingerprint density at radius 2 is 2.33 bits per heavy atom. The highest BCUT2D eigenvalue weighted by atomic mass is 32.2. The van der Waals surface area contributed by atoms with Gasteiger partial charge in [0.05, 0.1) is 17.8 Å². The normalized spacial score (nSPS) is 21.1. The first-order valence-electron chi connectivity index (χ1n) is 8.90. The summed E-state index contributed by atoms with van der Waals surface area (Å²) >= 11 is 2.82. The molecule has 2 aromatic rings. The van der Waals surface area contributed by atoms with Gasteiger partial charge >= 0.3 is 0 Å². The molecule has 0 aliphatic carbocycles. The number of carbonyl (C=O) groups excluding carboxylic acids is 2. The van der Waals surface area contributed by atoms with E-state index in [9.17, 15) is 9.59 Å². The molecule has 1 aromatic heterocycles. The summed E-state index contributed by atoms with van der Waals surface area (Å²) in [7, 11) is 0. The molecule has 0 saturated carbocycles. The lowest BCUT2D eigenvalue weighted by Crippen LogP contribution is -2.18. The van der Waals surface area contributed by atoms with E-state index in [-0.39, 0.29) is 29.5 Å². The topological polar surface area (TPSA) is 93.2 Å². The Morgan fingerprint density at radius 1 is 1.44 bits per heavy atom. The predicted octanol–water partition coefficient (Wildman–Crippen LogP) is 3.16. The molecule has 7 nitrogen and oxygen atoms in total. The molecule has 0 bridgehead atoms. The number of hydrogen-bond acceptors (Lipinski definition) is 8. The van der Waals surface area contributed by atoms with E-state index in [1.165, 1.54) is 23.1 Å². The molecule has 1 amide bonds. The standard InChI is InChI=1S/C18H20N4O3S2/c1-10-13-7-11(4-5-14(13)20-16(10)24)15(23)9-26-18-22-21-17(27-18)19-8-12-3-2-6-25-12/h4-5,7,10,12H,2-3,6,8-9H2,1H3,(H,19,21)(H,20,24)/t10-,12+/m1/s1. The minimum absolute atomic E-state index is 0.0124. The van der Waals surface area contributed by atoms with Gasteiger partial charge in [-0.15, -0.1) is 10.2 Å². The number of benzene rings is 1. The van der Waals surface area contributed by atoms with Crippen molar-refractivity contribution >= 4 is 45.6 Å². The molecule has 2 aliphatic rings. The number of ketones is 1. The summed E-state index contributed by atoms with van der Waals surface area (Å²) in [5, 5.41) is 15.1. The average Bonchev–Trinajstić information content (AvgIpc) is 3.40. The number of nitrogens with one attached hydrogen (secondary N) is 2. The fourth-order valence-corrected chi connectivity index (χ4v) is 4.80. The largest absolute Gasteiger partial charge is 0.376 e. The van der Waals surface area contributed by atoms with E-state index in [4.69, 9.17) is 4.74 Å². The Bertz CT molecular complexity index is 864. The highest BCUT2D eigenvalue weighted by Crippen LogP contribution is 2.33. The van der Waals surface area contributed by atoms with Crippen LogP contribution in [0, 0.1) is 0 Å². The number of amides is 1. The monoisotopic (exact) mass is 404 g/mol. The van der Waals surface area contributed by atoms with Gasteiger partial charge in [-0.1, -0.05) is 23.1 Å². The number of Topliss-reactive ketones (excluding diaryl/α,β-unsaturated/α-hetero) is 1. The lowest BCUT2D eigenvalue weighted by molar-refractivity contribution is -0.116. The van der Waals surface area contributed by atoms with Crippen LogP contribution in [0.4, 0.5) is 10.8 Å². The molecular formula is C18H20N4O3S2. The van der Waals surface area contributed by atoms with Crippen LogP contribution in [-0.2, 0) is 9.53 Å². The maximum absolute atomic E-state index is 12.5. The smallest absolute Gasteiger partial charge is 0.231 e. The minimum Gasteiger partial charge on any atom is -0.376 e. The zero-order chi connectivity index (χ0) is 18.8. The van der Waals surface area contributed by atoms with Crippen LogP contribution in [0.5, 0.6) is 0 Å². The number of carbonyl (C=O) groups is 2. The zero-order valence-electron chi connectivity index (χ0n) is 14.9. The van der Waals surface area contributed by atoms with E-state index < -0.39 is 0 Å². The van der Waals surface area contributed by atoms with E-state index in [2.05, 4.69) is 20.8 Å². The van der Waals surface area contributed by atoms with Gasteiger partial charge in [0.25, 0.3) is 0 Å². The first kappa shape index (κ1) is 18.4. The number of nitrogens with zero attached hydrogens (tertiary/aromatic N) is 2. The second-order valence-electron chi connectivity index (χ2n) is 6.61. The number of fused-ring (bicyclic) bond motifs is 1. The summed E-state index contributed by atoms with van der Waals surface area (Å²) in [6, 6.07) is 5.37. The lowest BCUT2D eigenvalue weighted by Gasteiger charge is -2.08. The molecule has 27 heavy (non-hydrogen) atoms. The first-order chi connectivity index (χ1) is 13.1. The summed E-state index contributed by atoms with van der Waals surface area (Å²) in [5.41, 5.74) is 2.29. The Balaban J connectivity index is 1.31. The van der Waals surface area contributed by atoms with E-state index >= 15 is 0 Å². The number of anilines is 2. The number of ether oxygens (including phenoxy) is 1. The molecule has 2 N–H and O–H groups in total. The fraction of sp³-hybridized carbons (Fsp3) is 0.444. The highest BCUT2D eigenvalue weighted by Gasteiger charge is 2.27. The Morgan fingerprint density at radius 3 is 3.15 bits per heavy atom. The van der Waals surface area contributed by atoms with Crippen LogP contribution in [0.2, 0.25) is 0 Å². The van der Waals surface area contributed by atoms with E-state index in [1.54, 1.807) is 12.1 Å². The Kier molecular flexibility index (Phi) is 5.42. The number of aromatic nitrogens is 2. The van der Waals surface area contributed by atoms with Crippen molar-refractivity contribution in [3.8, 4) is 0 Å². The van der Waals surface area contributed by atoms with Gasteiger partial charge < -0.3 is 15.4 Å². The van der Waals surface area contributed by atoms with Crippen molar-refractivity contribution in [2.24, 2.45) is 0 Å². The molecule has 9 heteroatoms. The second kappa shape index (κ2) is 7.95. The van der Waals surface area contributed by atoms with E-state index in [0.717, 1.165) is 46.7 Å². The molecule has 0 radical (unpaired) electrons. The minimum atomic E-state index is -0.221. The molecule has 1 fully saturated rings. The molecule has 0 spiro atoms. The molecule has 1 saturated heterocycles. The molecule has 142 valence electrons. The third kappa shape index (κ3) is 4.15. The van der Waals surface area contributed by atoms with Gasteiger partial charge in [-0.2, -0.15) is 0 Å². The van der Waals surface area contributed by atoms with Crippen LogP contribution < -0.4 is 10.6 Å². The van der Waals surface area contributed by atoms with Crippen molar-refractivity contribution < 1.29 is 14.3 Å². The van der Waals surface area contributed by atoms with Crippen molar-refractivity contribution in [1.82, 2.24) is 10.2 Å². The van der Waals surface area contributed by atoms with Gasteiger partial charge in [0, 0.05) is 24.4 Å². The quantitative estimate of drug-likeness (QED) is 0.541. The molecule has 4 rings (SSSR count). The fourth-order valence-electron chi connectivity index (χ4n) is 3.15.